The van der Waals surface area contributed by atoms with Gasteiger partial charge in [-0.2, -0.15) is 0 Å². The molecular weight excluding hydrogens is 268 g/mol. The topological polar surface area (TPSA) is 42.7 Å². The first-order valence-electron chi connectivity index (χ1n) is 5.02. The summed E-state index contributed by atoms with van der Waals surface area (Å²) in [7, 11) is 3.83. The van der Waals surface area contributed by atoms with Crippen LogP contribution in [0.4, 0.5) is 0 Å². The Morgan fingerprint density at radius 3 is 2.75 bits per heavy atom. The molecule has 0 unspecified atom stereocenters. The van der Waals surface area contributed by atoms with Crippen molar-refractivity contribution in [1.82, 2.24) is 20.3 Å². The van der Waals surface area contributed by atoms with Crippen LogP contribution < -0.4 is 5.32 Å². The van der Waals surface area contributed by atoms with Crippen molar-refractivity contribution in [3.8, 4) is 11.3 Å². The van der Waals surface area contributed by atoms with Gasteiger partial charge in [0.25, 0.3) is 0 Å². The van der Waals surface area contributed by atoms with E-state index < -0.39 is 0 Å². The van der Waals surface area contributed by atoms with E-state index >= 15 is 0 Å². The Morgan fingerprint density at radius 1 is 1.38 bits per heavy atom. The van der Waals surface area contributed by atoms with Gasteiger partial charge in [-0.1, -0.05) is 29.5 Å². The number of hydrogen-bond donors (Lipinski definition) is 1. The summed E-state index contributed by atoms with van der Waals surface area (Å²) in [6.45, 7) is 0.827. The molecule has 2 rings (SSSR count). The summed E-state index contributed by atoms with van der Waals surface area (Å²) in [5.41, 5.74) is 3.39. The van der Waals surface area contributed by atoms with Crippen molar-refractivity contribution < 1.29 is 0 Å². The molecule has 1 heterocycles. The molecule has 0 amide bonds. The summed E-state index contributed by atoms with van der Waals surface area (Å²) in [5, 5.41) is 11.2. The van der Waals surface area contributed by atoms with Gasteiger partial charge in [0.2, 0.25) is 0 Å². The highest BCUT2D eigenvalue weighted by Crippen LogP contribution is 2.28. The van der Waals surface area contributed by atoms with Gasteiger partial charge in [0.15, 0.2) is 4.60 Å². The molecule has 0 bridgehead atoms. The summed E-state index contributed by atoms with van der Waals surface area (Å²) >= 11 is 3.42. The average molecular weight is 281 g/mol. The second kappa shape index (κ2) is 4.76. The van der Waals surface area contributed by atoms with E-state index in [0.717, 1.165) is 22.4 Å². The Balaban J connectivity index is 2.55. The largest absolute Gasteiger partial charge is 0.316 e. The van der Waals surface area contributed by atoms with Crippen LogP contribution in [-0.4, -0.2) is 22.0 Å². The van der Waals surface area contributed by atoms with Crippen LogP contribution in [0, 0.1) is 0 Å². The van der Waals surface area contributed by atoms with Gasteiger partial charge in [0, 0.05) is 19.2 Å². The highest BCUT2D eigenvalue weighted by molar-refractivity contribution is 9.10. The minimum absolute atomic E-state index is 0.776. The van der Waals surface area contributed by atoms with Gasteiger partial charge in [0.05, 0.1) is 0 Å². The van der Waals surface area contributed by atoms with Crippen molar-refractivity contribution in [1.29, 1.82) is 0 Å². The zero-order valence-electron chi connectivity index (χ0n) is 9.24. The van der Waals surface area contributed by atoms with Crippen molar-refractivity contribution in [2.75, 3.05) is 7.05 Å². The molecule has 0 aliphatic rings. The van der Waals surface area contributed by atoms with E-state index in [1.165, 1.54) is 5.56 Å². The fraction of sp³-hybridized carbons (Fsp3) is 0.273. The van der Waals surface area contributed by atoms with E-state index in [9.17, 15) is 0 Å². The number of benzene rings is 1. The van der Waals surface area contributed by atoms with Crippen LogP contribution >= 0.6 is 15.9 Å². The first kappa shape index (κ1) is 11.3. The molecule has 16 heavy (non-hydrogen) atoms. The van der Waals surface area contributed by atoms with Crippen molar-refractivity contribution in [3.05, 3.63) is 34.4 Å². The Morgan fingerprint density at radius 2 is 2.12 bits per heavy atom. The fourth-order valence-electron chi connectivity index (χ4n) is 1.71. The summed E-state index contributed by atoms with van der Waals surface area (Å²) in [6.07, 6.45) is 0. The molecular formula is C11H13BrN4. The Labute approximate surface area is 103 Å². The first-order valence-corrected chi connectivity index (χ1v) is 5.81. The molecule has 4 nitrogen and oxygen atoms in total. The van der Waals surface area contributed by atoms with E-state index in [2.05, 4.69) is 43.7 Å². The molecule has 1 aromatic heterocycles. The van der Waals surface area contributed by atoms with E-state index in [4.69, 9.17) is 0 Å². The molecule has 84 valence electrons. The fourth-order valence-corrected chi connectivity index (χ4v) is 2.25. The number of halogens is 1. The lowest BCUT2D eigenvalue weighted by molar-refractivity contribution is 0.718. The van der Waals surface area contributed by atoms with Gasteiger partial charge < -0.3 is 5.32 Å². The van der Waals surface area contributed by atoms with E-state index in [1.54, 1.807) is 4.68 Å². The van der Waals surface area contributed by atoms with Crippen molar-refractivity contribution >= 4 is 15.9 Å². The molecule has 0 fully saturated rings. The van der Waals surface area contributed by atoms with Crippen molar-refractivity contribution in [3.63, 3.8) is 0 Å². The standard InChI is InChI=1S/C11H13BrN4/c1-13-7-8-5-3-4-6-9(8)10-11(12)14-15-16(10)2/h3-6,13H,7H2,1-2H3. The maximum atomic E-state index is 4.00. The summed E-state index contributed by atoms with van der Waals surface area (Å²) < 4.78 is 2.55. The minimum Gasteiger partial charge on any atom is -0.316 e. The van der Waals surface area contributed by atoms with Crippen molar-refractivity contribution in [2.24, 2.45) is 7.05 Å². The van der Waals surface area contributed by atoms with Crippen LogP contribution in [0.2, 0.25) is 0 Å². The SMILES string of the molecule is CNCc1ccccc1-c1c(Br)nnn1C. The molecule has 0 atom stereocenters. The molecule has 5 heteroatoms. The van der Waals surface area contributed by atoms with E-state index in [-0.39, 0.29) is 0 Å². The zero-order valence-corrected chi connectivity index (χ0v) is 10.8. The quantitative estimate of drug-likeness (QED) is 0.935. The molecule has 0 aliphatic carbocycles. The Kier molecular flexibility index (Phi) is 3.36. The minimum atomic E-state index is 0.776. The predicted molar refractivity (Wildman–Crippen MR) is 66.9 cm³/mol. The zero-order chi connectivity index (χ0) is 11.5. The monoisotopic (exact) mass is 280 g/mol. The van der Waals surface area contributed by atoms with Crippen LogP contribution in [-0.2, 0) is 13.6 Å². The Bertz CT molecular complexity index is 473. The van der Waals surface area contributed by atoms with Gasteiger partial charge >= 0.3 is 0 Å². The predicted octanol–water partition coefficient (Wildman–Crippen LogP) is 1.96. The maximum absolute atomic E-state index is 4.00. The first-order chi connectivity index (χ1) is 7.74. The number of rotatable bonds is 3. The van der Waals surface area contributed by atoms with Crippen LogP contribution in [0.25, 0.3) is 11.3 Å². The van der Waals surface area contributed by atoms with Crippen molar-refractivity contribution in [2.45, 2.75) is 6.54 Å². The summed E-state index contributed by atoms with van der Waals surface area (Å²) in [6, 6.07) is 8.24. The van der Waals surface area contributed by atoms with Gasteiger partial charge in [-0.05, 0) is 28.5 Å². The molecule has 0 saturated carbocycles. The third kappa shape index (κ3) is 2.01. The second-order valence-electron chi connectivity index (χ2n) is 3.54. The molecule has 0 radical (unpaired) electrons. The smallest absolute Gasteiger partial charge is 0.156 e. The van der Waals surface area contributed by atoms with E-state index in [0.29, 0.717) is 0 Å². The lowest BCUT2D eigenvalue weighted by atomic mass is 10.1. The number of aryl methyl sites for hydroxylation is 1. The lowest BCUT2D eigenvalue weighted by Gasteiger charge is -2.08. The summed E-state index contributed by atoms with van der Waals surface area (Å²) in [4.78, 5) is 0. The van der Waals surface area contributed by atoms with Gasteiger partial charge in [0.1, 0.15) is 5.69 Å². The second-order valence-corrected chi connectivity index (χ2v) is 4.29. The molecule has 2 aromatic rings. The average Bonchev–Trinajstić information content (AvgIpc) is 2.60. The third-order valence-electron chi connectivity index (χ3n) is 2.43. The third-order valence-corrected chi connectivity index (χ3v) is 2.96. The lowest BCUT2D eigenvalue weighted by Crippen LogP contribution is -2.07. The molecule has 0 aliphatic heterocycles. The summed E-state index contributed by atoms with van der Waals surface area (Å²) in [5.74, 6) is 0. The molecule has 1 N–H and O–H groups in total. The normalized spacial score (nSPS) is 10.7. The van der Waals surface area contributed by atoms with Crippen LogP contribution in [0.3, 0.4) is 0 Å². The Hall–Kier alpha value is -1.20. The van der Waals surface area contributed by atoms with Crippen LogP contribution in [0.1, 0.15) is 5.56 Å². The van der Waals surface area contributed by atoms with E-state index in [1.807, 2.05) is 26.2 Å². The number of aromatic nitrogens is 3. The highest BCUT2D eigenvalue weighted by Gasteiger charge is 2.13. The van der Waals surface area contributed by atoms with Crippen LogP contribution in [0.5, 0.6) is 0 Å². The number of nitrogens with zero attached hydrogens (tertiary/aromatic N) is 3. The number of nitrogens with one attached hydrogen (secondary N) is 1. The van der Waals surface area contributed by atoms with Gasteiger partial charge in [-0.15, -0.1) is 5.10 Å². The molecule has 1 aromatic carbocycles. The van der Waals surface area contributed by atoms with Gasteiger partial charge in [-0.25, -0.2) is 4.68 Å². The number of hydrogen-bond acceptors (Lipinski definition) is 3. The van der Waals surface area contributed by atoms with Crippen LogP contribution in [0.15, 0.2) is 28.9 Å². The highest BCUT2D eigenvalue weighted by atomic mass is 79.9. The molecule has 0 spiro atoms. The molecule has 0 saturated heterocycles. The maximum Gasteiger partial charge on any atom is 0.156 e. The van der Waals surface area contributed by atoms with Gasteiger partial charge in [-0.3, -0.25) is 0 Å².